The van der Waals surface area contributed by atoms with Crippen LogP contribution in [0.15, 0.2) is 47.7 Å². The molecule has 3 rings (SSSR count). The van der Waals surface area contributed by atoms with Gasteiger partial charge in [0.2, 0.25) is 0 Å². The number of methoxy groups -OCH3 is 2. The van der Waals surface area contributed by atoms with Gasteiger partial charge >= 0.3 is 0 Å². The number of aromatic nitrogens is 2. The van der Waals surface area contributed by atoms with Gasteiger partial charge in [0.05, 0.1) is 19.9 Å². The van der Waals surface area contributed by atoms with Gasteiger partial charge in [-0.25, -0.2) is 0 Å². The van der Waals surface area contributed by atoms with Crippen molar-refractivity contribution in [2.45, 2.75) is 6.42 Å². The molecule has 2 N–H and O–H groups in total. The Balaban J connectivity index is 1.85. The van der Waals surface area contributed by atoms with Crippen molar-refractivity contribution in [3.63, 3.8) is 0 Å². The minimum atomic E-state index is -0.278. The molecular weight excluding hydrogens is 350 g/mol. The van der Waals surface area contributed by atoms with Crippen LogP contribution < -0.4 is 14.8 Å². The van der Waals surface area contributed by atoms with E-state index in [1.165, 1.54) is 7.11 Å². The molecule has 0 aliphatic carbocycles. The van der Waals surface area contributed by atoms with Crippen LogP contribution in [-0.2, 0) is 6.42 Å². The Morgan fingerprint density at radius 2 is 2.19 bits per heavy atom. The number of nitrogens with one attached hydrogen (secondary N) is 2. The molecule has 0 unspecified atom stereocenters. The third kappa shape index (κ3) is 3.62. The zero-order valence-corrected chi connectivity index (χ0v) is 15.4. The fourth-order valence-electron chi connectivity index (χ4n) is 2.62. The molecule has 0 aliphatic rings. The number of allylic oxidation sites excluding steroid dienone is 1. The van der Waals surface area contributed by atoms with E-state index in [0.717, 1.165) is 16.8 Å². The van der Waals surface area contributed by atoms with Crippen LogP contribution in [0.3, 0.4) is 0 Å². The number of nitrogens with zero attached hydrogens (tertiary/aromatic N) is 1. The summed E-state index contributed by atoms with van der Waals surface area (Å²) in [7, 11) is 3.11. The van der Waals surface area contributed by atoms with Crippen molar-refractivity contribution in [1.29, 1.82) is 0 Å². The molecule has 3 aromatic rings. The largest absolute Gasteiger partial charge is 0.493 e. The number of aromatic amines is 1. The first kappa shape index (κ1) is 17.8. The summed E-state index contributed by atoms with van der Waals surface area (Å²) in [4.78, 5) is 12.6. The second-order valence-electron chi connectivity index (χ2n) is 5.50. The van der Waals surface area contributed by atoms with E-state index in [0.29, 0.717) is 29.3 Å². The second kappa shape index (κ2) is 7.88. The highest BCUT2D eigenvalue weighted by Gasteiger charge is 2.16. The first-order valence-electron chi connectivity index (χ1n) is 7.91. The first-order chi connectivity index (χ1) is 12.7. The lowest BCUT2D eigenvalue weighted by Crippen LogP contribution is -2.13. The Bertz CT molecular complexity index is 916. The topological polar surface area (TPSA) is 76.2 Å². The summed E-state index contributed by atoms with van der Waals surface area (Å²) >= 11 is 1.60. The number of thiophene rings is 1. The van der Waals surface area contributed by atoms with Gasteiger partial charge < -0.3 is 14.8 Å². The van der Waals surface area contributed by atoms with E-state index >= 15 is 0 Å². The number of hydrogen-bond donors (Lipinski definition) is 2. The Morgan fingerprint density at radius 3 is 2.85 bits per heavy atom. The summed E-state index contributed by atoms with van der Waals surface area (Å²) < 4.78 is 10.8. The molecule has 7 heteroatoms. The number of benzene rings is 1. The van der Waals surface area contributed by atoms with E-state index in [1.54, 1.807) is 42.7 Å². The van der Waals surface area contributed by atoms with E-state index in [-0.39, 0.29) is 5.91 Å². The molecule has 0 atom stereocenters. The fourth-order valence-corrected chi connectivity index (χ4v) is 3.28. The molecule has 1 aromatic carbocycles. The number of rotatable bonds is 7. The lowest BCUT2D eigenvalue weighted by Gasteiger charge is -2.14. The summed E-state index contributed by atoms with van der Waals surface area (Å²) in [6.07, 6.45) is 2.31. The van der Waals surface area contributed by atoms with Crippen LogP contribution in [-0.4, -0.2) is 30.3 Å². The maximum absolute atomic E-state index is 12.6. The fraction of sp³-hybridized carbons (Fsp3) is 0.158. The molecule has 0 aliphatic heterocycles. The maximum atomic E-state index is 12.6. The number of anilines is 1. The van der Waals surface area contributed by atoms with Gasteiger partial charge in [-0.2, -0.15) is 16.4 Å². The Kier molecular flexibility index (Phi) is 5.38. The maximum Gasteiger partial charge on any atom is 0.257 e. The smallest absolute Gasteiger partial charge is 0.257 e. The van der Waals surface area contributed by atoms with Crippen LogP contribution in [0.1, 0.15) is 15.9 Å². The zero-order chi connectivity index (χ0) is 18.5. The van der Waals surface area contributed by atoms with Crippen molar-refractivity contribution in [2.75, 3.05) is 19.5 Å². The Morgan fingerprint density at radius 1 is 1.35 bits per heavy atom. The van der Waals surface area contributed by atoms with Crippen molar-refractivity contribution in [1.82, 2.24) is 10.2 Å². The molecule has 26 heavy (non-hydrogen) atoms. The molecule has 1 amide bonds. The van der Waals surface area contributed by atoms with Crippen LogP contribution >= 0.6 is 11.3 Å². The second-order valence-corrected chi connectivity index (χ2v) is 6.28. The van der Waals surface area contributed by atoms with Crippen LogP contribution in [0.2, 0.25) is 0 Å². The highest BCUT2D eigenvalue weighted by Crippen LogP contribution is 2.33. The average molecular weight is 369 g/mol. The van der Waals surface area contributed by atoms with Gasteiger partial charge in [0.1, 0.15) is 0 Å². The van der Waals surface area contributed by atoms with Crippen molar-refractivity contribution >= 4 is 23.1 Å². The highest BCUT2D eigenvalue weighted by molar-refractivity contribution is 7.08. The lowest BCUT2D eigenvalue weighted by atomic mass is 10.0. The minimum absolute atomic E-state index is 0.278. The summed E-state index contributed by atoms with van der Waals surface area (Å²) in [6, 6.07) is 7.20. The number of carbonyl (C=O) groups is 1. The zero-order valence-electron chi connectivity index (χ0n) is 14.5. The van der Waals surface area contributed by atoms with E-state index in [9.17, 15) is 4.79 Å². The molecule has 2 aromatic heterocycles. The third-order valence-corrected chi connectivity index (χ3v) is 4.52. The SMILES string of the molecule is C=CCc1cc(C(=O)Nc2cc(-c3ccsc3)[nH]n2)cc(OC)c1OC. The molecular formula is C19H19N3O3S. The summed E-state index contributed by atoms with van der Waals surface area (Å²) in [5, 5.41) is 13.9. The number of hydrogen-bond acceptors (Lipinski definition) is 5. The van der Waals surface area contributed by atoms with E-state index < -0.39 is 0 Å². The average Bonchev–Trinajstić information content (AvgIpc) is 3.32. The van der Waals surface area contributed by atoms with Crippen molar-refractivity contribution < 1.29 is 14.3 Å². The molecule has 0 saturated heterocycles. The normalized spacial score (nSPS) is 10.4. The summed E-state index contributed by atoms with van der Waals surface area (Å²) in [5.74, 6) is 1.28. The highest BCUT2D eigenvalue weighted by atomic mass is 32.1. The van der Waals surface area contributed by atoms with Crippen LogP contribution in [0, 0.1) is 0 Å². The number of carbonyl (C=O) groups excluding carboxylic acids is 1. The van der Waals surface area contributed by atoms with Gasteiger partial charge in [-0.3, -0.25) is 9.89 Å². The molecule has 0 saturated carbocycles. The molecule has 0 bridgehead atoms. The van der Waals surface area contributed by atoms with Gasteiger partial charge in [0.25, 0.3) is 5.91 Å². The Labute approximate surface area is 155 Å². The number of ether oxygens (including phenoxy) is 2. The minimum Gasteiger partial charge on any atom is -0.493 e. The molecule has 0 spiro atoms. The quantitative estimate of drug-likeness (QED) is 0.614. The number of amides is 1. The van der Waals surface area contributed by atoms with Gasteiger partial charge in [0.15, 0.2) is 17.3 Å². The lowest BCUT2D eigenvalue weighted by molar-refractivity contribution is 0.102. The van der Waals surface area contributed by atoms with Crippen molar-refractivity contribution in [3.8, 4) is 22.8 Å². The van der Waals surface area contributed by atoms with E-state index in [4.69, 9.17) is 9.47 Å². The van der Waals surface area contributed by atoms with Crippen LogP contribution in [0.4, 0.5) is 5.82 Å². The molecule has 0 radical (unpaired) electrons. The van der Waals surface area contributed by atoms with E-state index in [2.05, 4.69) is 22.1 Å². The van der Waals surface area contributed by atoms with Crippen LogP contribution in [0.5, 0.6) is 11.5 Å². The predicted molar refractivity (Wildman–Crippen MR) is 103 cm³/mol. The van der Waals surface area contributed by atoms with Crippen molar-refractivity contribution in [3.05, 3.63) is 58.8 Å². The standard InChI is InChI=1S/C19H19N3O3S/c1-4-5-12-8-14(9-16(24-2)18(12)25-3)19(23)20-17-10-15(21-22-17)13-6-7-26-11-13/h4,6-11H,1,5H2,2-3H3,(H2,20,21,22,23). The molecule has 6 nitrogen and oxygen atoms in total. The van der Waals surface area contributed by atoms with Gasteiger partial charge in [-0.1, -0.05) is 6.08 Å². The summed E-state index contributed by atoms with van der Waals surface area (Å²) in [6.45, 7) is 3.75. The van der Waals surface area contributed by atoms with Crippen LogP contribution in [0.25, 0.3) is 11.3 Å². The van der Waals surface area contributed by atoms with Gasteiger partial charge in [0, 0.05) is 28.1 Å². The van der Waals surface area contributed by atoms with Gasteiger partial charge in [-0.05, 0) is 30.0 Å². The first-order valence-corrected chi connectivity index (χ1v) is 8.85. The Hall–Kier alpha value is -3.06. The molecule has 0 fully saturated rings. The summed E-state index contributed by atoms with van der Waals surface area (Å²) in [5.41, 5.74) is 3.16. The molecule has 134 valence electrons. The molecule has 2 heterocycles. The van der Waals surface area contributed by atoms with E-state index in [1.807, 2.05) is 16.8 Å². The van der Waals surface area contributed by atoms with Crippen molar-refractivity contribution in [2.24, 2.45) is 0 Å². The number of H-pyrrole nitrogens is 1. The predicted octanol–water partition coefficient (Wildman–Crippen LogP) is 4.14. The third-order valence-electron chi connectivity index (χ3n) is 3.83. The van der Waals surface area contributed by atoms with Gasteiger partial charge in [-0.15, -0.1) is 6.58 Å². The monoisotopic (exact) mass is 369 g/mol.